The van der Waals surface area contributed by atoms with Crippen molar-refractivity contribution < 1.29 is 9.90 Å². The Morgan fingerprint density at radius 3 is 2.65 bits per heavy atom. The molecule has 0 radical (unpaired) electrons. The van der Waals surface area contributed by atoms with Gasteiger partial charge in [0.25, 0.3) is 0 Å². The second-order valence-electron chi connectivity index (χ2n) is 4.88. The first-order valence-corrected chi connectivity index (χ1v) is 6.56. The van der Waals surface area contributed by atoms with Gasteiger partial charge in [-0.3, -0.25) is 0 Å². The number of carboxylic acid groups (broad SMARTS) is 1. The average Bonchev–Trinajstić information content (AvgIpc) is 2.17. The number of nitrogens with zero attached hydrogens (tertiary/aromatic N) is 1. The summed E-state index contributed by atoms with van der Waals surface area (Å²) in [6.45, 7) is 6.51. The van der Waals surface area contributed by atoms with E-state index in [-0.39, 0.29) is 0 Å². The molecule has 0 atom stereocenters. The normalized spacial score (nSPS) is 16.1. The number of carbonyl (C=O) groups is 1. The molecule has 1 aliphatic heterocycles. The monoisotopic (exact) mass is 297 g/mol. The second kappa shape index (κ2) is 4.69. The maximum atomic E-state index is 11.0. The maximum Gasteiger partial charge on any atom is 0.336 e. The quantitative estimate of drug-likeness (QED) is 0.931. The van der Waals surface area contributed by atoms with Crippen LogP contribution in [0.5, 0.6) is 0 Å². The highest BCUT2D eigenvalue weighted by Gasteiger charge is 2.29. The van der Waals surface area contributed by atoms with Crippen LogP contribution in [0.4, 0.5) is 5.69 Å². The molecular formula is C13H16BrNO2. The van der Waals surface area contributed by atoms with E-state index >= 15 is 0 Å². The lowest BCUT2D eigenvalue weighted by Gasteiger charge is -2.43. The average molecular weight is 298 g/mol. The fourth-order valence-corrected chi connectivity index (χ4v) is 2.44. The second-order valence-corrected chi connectivity index (χ2v) is 5.73. The van der Waals surface area contributed by atoms with E-state index in [9.17, 15) is 4.79 Å². The van der Waals surface area contributed by atoms with Crippen molar-refractivity contribution in [2.24, 2.45) is 11.8 Å². The molecule has 4 heteroatoms. The van der Waals surface area contributed by atoms with E-state index in [0.717, 1.165) is 24.7 Å². The maximum absolute atomic E-state index is 11.0. The first-order valence-electron chi connectivity index (χ1n) is 5.77. The number of aromatic carboxylic acids is 1. The number of anilines is 1. The standard InChI is InChI=1S/C13H16BrNO2/c1-8(2)9-6-15(7-9)10-3-4-12(14)11(5-10)13(16)17/h3-5,8-9H,6-7H2,1-2H3,(H,16,17). The Hall–Kier alpha value is -1.03. The molecule has 1 aromatic rings. The minimum Gasteiger partial charge on any atom is -0.478 e. The number of carboxylic acids is 1. The predicted molar refractivity (Wildman–Crippen MR) is 71.6 cm³/mol. The molecule has 0 saturated carbocycles. The van der Waals surface area contributed by atoms with Crippen LogP contribution in [0, 0.1) is 11.8 Å². The number of hydrogen-bond donors (Lipinski definition) is 1. The Balaban J connectivity index is 2.14. The number of benzene rings is 1. The summed E-state index contributed by atoms with van der Waals surface area (Å²) in [6.07, 6.45) is 0. The van der Waals surface area contributed by atoms with Crippen molar-refractivity contribution in [3.05, 3.63) is 28.2 Å². The highest BCUT2D eigenvalue weighted by molar-refractivity contribution is 9.10. The van der Waals surface area contributed by atoms with Gasteiger partial charge in [-0.05, 0) is 46.0 Å². The molecule has 17 heavy (non-hydrogen) atoms. The molecule has 0 aromatic heterocycles. The van der Waals surface area contributed by atoms with Crippen LogP contribution in [-0.4, -0.2) is 24.2 Å². The molecule has 0 bridgehead atoms. The van der Waals surface area contributed by atoms with Gasteiger partial charge in [0.1, 0.15) is 0 Å². The van der Waals surface area contributed by atoms with Crippen LogP contribution >= 0.6 is 15.9 Å². The van der Waals surface area contributed by atoms with Crippen molar-refractivity contribution in [2.75, 3.05) is 18.0 Å². The van der Waals surface area contributed by atoms with Gasteiger partial charge in [0.15, 0.2) is 0 Å². The fourth-order valence-electron chi connectivity index (χ4n) is 2.02. The lowest BCUT2D eigenvalue weighted by atomic mass is 9.88. The first kappa shape index (κ1) is 12.4. The summed E-state index contributed by atoms with van der Waals surface area (Å²) in [5.41, 5.74) is 1.33. The molecule has 3 nitrogen and oxygen atoms in total. The lowest BCUT2D eigenvalue weighted by molar-refractivity contribution is 0.0696. The molecule has 1 aliphatic rings. The molecular weight excluding hydrogens is 282 g/mol. The molecule has 0 aliphatic carbocycles. The minimum atomic E-state index is -0.889. The summed E-state index contributed by atoms with van der Waals surface area (Å²) in [4.78, 5) is 13.3. The third-order valence-corrected chi connectivity index (χ3v) is 4.09. The third-order valence-electron chi connectivity index (χ3n) is 3.40. The van der Waals surface area contributed by atoms with Crippen LogP contribution in [0.25, 0.3) is 0 Å². The minimum absolute atomic E-state index is 0.329. The van der Waals surface area contributed by atoms with Crippen molar-refractivity contribution >= 4 is 27.6 Å². The van der Waals surface area contributed by atoms with E-state index in [2.05, 4.69) is 34.7 Å². The Morgan fingerprint density at radius 1 is 1.47 bits per heavy atom. The zero-order valence-electron chi connectivity index (χ0n) is 9.98. The number of halogens is 1. The largest absolute Gasteiger partial charge is 0.478 e. The fraction of sp³-hybridized carbons (Fsp3) is 0.462. The zero-order chi connectivity index (χ0) is 12.6. The van der Waals surface area contributed by atoms with Gasteiger partial charge < -0.3 is 10.0 Å². The van der Waals surface area contributed by atoms with Crippen LogP contribution in [0.3, 0.4) is 0 Å². The van der Waals surface area contributed by atoms with Gasteiger partial charge in [-0.25, -0.2) is 4.79 Å². The smallest absolute Gasteiger partial charge is 0.336 e. The Kier molecular flexibility index (Phi) is 3.43. The van der Waals surface area contributed by atoms with Gasteiger partial charge in [0, 0.05) is 23.2 Å². The van der Waals surface area contributed by atoms with Crippen LogP contribution in [0.2, 0.25) is 0 Å². The summed E-state index contributed by atoms with van der Waals surface area (Å²) < 4.78 is 0.634. The van der Waals surface area contributed by atoms with Gasteiger partial charge >= 0.3 is 5.97 Å². The van der Waals surface area contributed by atoms with Crippen molar-refractivity contribution in [2.45, 2.75) is 13.8 Å². The zero-order valence-corrected chi connectivity index (χ0v) is 11.6. The van der Waals surface area contributed by atoms with E-state index in [0.29, 0.717) is 16.0 Å². The van der Waals surface area contributed by atoms with Gasteiger partial charge in [0.05, 0.1) is 5.56 Å². The van der Waals surface area contributed by atoms with E-state index < -0.39 is 5.97 Å². The highest BCUT2D eigenvalue weighted by atomic mass is 79.9. The third kappa shape index (κ3) is 2.46. The van der Waals surface area contributed by atoms with Gasteiger partial charge in [0.2, 0.25) is 0 Å². The van der Waals surface area contributed by atoms with E-state index in [1.54, 1.807) is 6.07 Å². The summed E-state index contributed by atoms with van der Waals surface area (Å²) in [5, 5.41) is 9.05. The summed E-state index contributed by atoms with van der Waals surface area (Å²) >= 11 is 3.26. The molecule has 1 N–H and O–H groups in total. The Labute approximate surface area is 110 Å². The summed E-state index contributed by atoms with van der Waals surface area (Å²) in [7, 11) is 0. The molecule has 1 aromatic carbocycles. The molecule has 0 spiro atoms. The molecule has 1 fully saturated rings. The lowest BCUT2D eigenvalue weighted by Crippen LogP contribution is -2.49. The molecule has 2 rings (SSSR count). The molecule has 0 unspecified atom stereocenters. The molecule has 92 valence electrons. The van der Waals surface area contributed by atoms with Gasteiger partial charge in [-0.1, -0.05) is 13.8 Å². The number of rotatable bonds is 3. The summed E-state index contributed by atoms with van der Waals surface area (Å²) in [6, 6.07) is 5.51. The van der Waals surface area contributed by atoms with Gasteiger partial charge in [-0.2, -0.15) is 0 Å². The van der Waals surface area contributed by atoms with E-state index in [1.807, 2.05) is 12.1 Å². The Morgan fingerprint density at radius 2 is 2.12 bits per heavy atom. The van der Waals surface area contributed by atoms with Gasteiger partial charge in [-0.15, -0.1) is 0 Å². The molecule has 0 amide bonds. The van der Waals surface area contributed by atoms with Crippen molar-refractivity contribution in [3.8, 4) is 0 Å². The van der Waals surface area contributed by atoms with Crippen molar-refractivity contribution in [1.82, 2.24) is 0 Å². The predicted octanol–water partition coefficient (Wildman–Crippen LogP) is 3.24. The van der Waals surface area contributed by atoms with Crippen LogP contribution in [0.15, 0.2) is 22.7 Å². The van der Waals surface area contributed by atoms with Crippen molar-refractivity contribution in [1.29, 1.82) is 0 Å². The van der Waals surface area contributed by atoms with Crippen LogP contribution in [-0.2, 0) is 0 Å². The van der Waals surface area contributed by atoms with Crippen molar-refractivity contribution in [3.63, 3.8) is 0 Å². The first-order chi connectivity index (χ1) is 7.99. The number of hydrogen-bond acceptors (Lipinski definition) is 2. The topological polar surface area (TPSA) is 40.5 Å². The Bertz CT molecular complexity index is 439. The highest BCUT2D eigenvalue weighted by Crippen LogP contribution is 2.31. The van der Waals surface area contributed by atoms with Crippen LogP contribution < -0.4 is 4.90 Å². The SMILES string of the molecule is CC(C)C1CN(c2ccc(Br)c(C(=O)O)c2)C1. The summed E-state index contributed by atoms with van der Waals surface area (Å²) in [5.74, 6) is 0.534. The van der Waals surface area contributed by atoms with E-state index in [4.69, 9.17) is 5.11 Å². The van der Waals surface area contributed by atoms with Crippen LogP contribution in [0.1, 0.15) is 24.2 Å². The molecule has 1 saturated heterocycles. The molecule has 1 heterocycles. The van der Waals surface area contributed by atoms with E-state index in [1.165, 1.54) is 0 Å².